The highest BCUT2D eigenvalue weighted by molar-refractivity contribution is 5.53. The number of benzene rings is 1. The number of aliphatic hydroxyl groups excluding tert-OH is 1. The van der Waals surface area contributed by atoms with Gasteiger partial charge in [-0.25, -0.2) is 0 Å². The molecule has 4 rings (SSSR count). The molecule has 0 radical (unpaired) electrons. The minimum atomic E-state index is -0.668. The van der Waals surface area contributed by atoms with Gasteiger partial charge in [-0.05, 0) is 98.1 Å². The number of rotatable bonds is 5. The lowest BCUT2D eigenvalue weighted by Crippen LogP contribution is -2.50. The van der Waals surface area contributed by atoms with Gasteiger partial charge in [-0.3, -0.25) is 10.1 Å². The minimum absolute atomic E-state index is 0.121. The summed E-state index contributed by atoms with van der Waals surface area (Å²) in [6.07, 6.45) is 7.83. The van der Waals surface area contributed by atoms with Crippen LogP contribution in [0.3, 0.4) is 0 Å². The predicted molar refractivity (Wildman–Crippen MR) is 105 cm³/mol. The highest BCUT2D eigenvalue weighted by atomic mass is 16.6. The smallest absolute Gasteiger partial charge is 0.310 e. The van der Waals surface area contributed by atoms with Gasteiger partial charge in [0.2, 0.25) is 0 Å². The van der Waals surface area contributed by atoms with Gasteiger partial charge in [-0.2, -0.15) is 0 Å². The number of nitro groups is 1. The first kappa shape index (κ1) is 19.6. The lowest BCUT2D eigenvalue weighted by Gasteiger charge is -2.53. The van der Waals surface area contributed by atoms with E-state index >= 15 is 0 Å². The molecule has 0 saturated heterocycles. The average Bonchev–Trinajstić information content (AvgIpc) is 2.92. The van der Waals surface area contributed by atoms with Crippen LogP contribution in [-0.4, -0.2) is 32.5 Å². The molecule has 1 aromatic rings. The Morgan fingerprint density at radius 2 is 2.00 bits per heavy atom. The molecular formula is C22H31NO5. The van der Waals surface area contributed by atoms with Crippen molar-refractivity contribution in [1.82, 2.24) is 0 Å². The maximum Gasteiger partial charge on any atom is 0.310 e. The summed E-state index contributed by atoms with van der Waals surface area (Å²) in [6, 6.07) is 3.20. The molecule has 3 aliphatic rings. The summed E-state index contributed by atoms with van der Waals surface area (Å²) in [5.41, 5.74) is 1.10. The van der Waals surface area contributed by atoms with Crippen LogP contribution in [0.25, 0.3) is 0 Å². The lowest BCUT2D eigenvalue weighted by molar-refractivity contribution is -0.386. The number of nitrogens with zero attached hydrogens (tertiary/aromatic N) is 1. The minimum Gasteiger partial charge on any atom is -0.502 e. The third-order valence-corrected chi connectivity index (χ3v) is 8.34. The number of hydrogen-bond acceptors (Lipinski definition) is 5. The molecule has 0 spiro atoms. The Balaban J connectivity index is 1.63. The second-order valence-corrected chi connectivity index (χ2v) is 9.42. The van der Waals surface area contributed by atoms with E-state index in [0.29, 0.717) is 11.8 Å². The van der Waals surface area contributed by atoms with Crippen molar-refractivity contribution in [2.75, 3.05) is 6.61 Å². The first-order valence-electron chi connectivity index (χ1n) is 10.6. The molecule has 154 valence electrons. The summed E-state index contributed by atoms with van der Waals surface area (Å²) in [4.78, 5) is 10.8. The molecule has 0 aliphatic heterocycles. The molecule has 0 heterocycles. The molecule has 2 fully saturated rings. The molecule has 5 atom stereocenters. The zero-order valence-electron chi connectivity index (χ0n) is 16.6. The Kier molecular flexibility index (Phi) is 4.91. The van der Waals surface area contributed by atoms with Gasteiger partial charge >= 0.3 is 5.69 Å². The fourth-order valence-electron chi connectivity index (χ4n) is 6.79. The van der Waals surface area contributed by atoms with Gasteiger partial charge in [-0.1, -0.05) is 6.92 Å². The Morgan fingerprint density at radius 1 is 1.21 bits per heavy atom. The number of nitro benzene ring substituents is 1. The maximum atomic E-state index is 11.5. The van der Waals surface area contributed by atoms with Crippen molar-refractivity contribution in [3.8, 4) is 5.75 Å². The monoisotopic (exact) mass is 389 g/mol. The van der Waals surface area contributed by atoms with Crippen LogP contribution in [0.4, 0.5) is 5.69 Å². The summed E-state index contributed by atoms with van der Waals surface area (Å²) in [5.74, 6) is 0.900. The summed E-state index contributed by atoms with van der Waals surface area (Å²) in [7, 11) is 0. The van der Waals surface area contributed by atoms with Crippen LogP contribution < -0.4 is 0 Å². The molecule has 28 heavy (non-hydrogen) atoms. The van der Waals surface area contributed by atoms with E-state index in [2.05, 4.69) is 6.92 Å². The largest absolute Gasteiger partial charge is 0.502 e. The van der Waals surface area contributed by atoms with Crippen LogP contribution in [0.15, 0.2) is 12.1 Å². The standard InChI is InChI=1S/C22H31NO5/c1-21-9-6-15-16(18(21)7-10-22(21,26)8-2-3-11-24)5-4-14-12-20(25)19(23(27)28)13-17(14)15/h12-13,15-16,18,24-26H,2-11H2,1H3/t15-,16+,18-,21-,22?/m0/s1. The Labute approximate surface area is 165 Å². The quantitative estimate of drug-likeness (QED) is 0.400. The second-order valence-electron chi connectivity index (χ2n) is 9.42. The van der Waals surface area contributed by atoms with Crippen LogP contribution in [0.1, 0.15) is 75.3 Å². The number of hydrogen-bond donors (Lipinski definition) is 3. The molecule has 6 nitrogen and oxygen atoms in total. The molecule has 3 aliphatic carbocycles. The highest BCUT2D eigenvalue weighted by Gasteiger charge is 2.61. The molecule has 0 bridgehead atoms. The van der Waals surface area contributed by atoms with E-state index < -0.39 is 10.5 Å². The first-order valence-corrected chi connectivity index (χ1v) is 10.6. The zero-order valence-corrected chi connectivity index (χ0v) is 16.6. The van der Waals surface area contributed by atoms with Gasteiger partial charge in [0.05, 0.1) is 10.5 Å². The van der Waals surface area contributed by atoms with Crippen molar-refractivity contribution in [1.29, 1.82) is 0 Å². The van der Waals surface area contributed by atoms with E-state index in [0.717, 1.165) is 68.9 Å². The third-order valence-electron chi connectivity index (χ3n) is 8.34. The van der Waals surface area contributed by atoms with Crippen LogP contribution in [-0.2, 0) is 6.42 Å². The number of aliphatic hydroxyl groups is 2. The zero-order chi connectivity index (χ0) is 20.1. The molecule has 3 N–H and O–H groups in total. The van der Waals surface area contributed by atoms with E-state index in [-0.39, 0.29) is 29.4 Å². The molecule has 0 amide bonds. The van der Waals surface area contributed by atoms with E-state index in [1.54, 1.807) is 12.1 Å². The van der Waals surface area contributed by atoms with Gasteiger partial charge in [0.1, 0.15) is 0 Å². The third kappa shape index (κ3) is 2.84. The van der Waals surface area contributed by atoms with E-state index in [9.17, 15) is 20.3 Å². The van der Waals surface area contributed by atoms with Gasteiger partial charge in [0.15, 0.2) is 5.75 Å². The second kappa shape index (κ2) is 6.99. The fraction of sp³-hybridized carbons (Fsp3) is 0.727. The number of aromatic hydroxyl groups is 1. The van der Waals surface area contributed by atoms with E-state index in [4.69, 9.17) is 5.11 Å². The van der Waals surface area contributed by atoms with Gasteiger partial charge in [-0.15, -0.1) is 0 Å². The fourth-order valence-corrected chi connectivity index (χ4v) is 6.79. The van der Waals surface area contributed by atoms with Crippen molar-refractivity contribution in [3.63, 3.8) is 0 Å². The molecule has 6 heteroatoms. The van der Waals surface area contributed by atoms with Crippen molar-refractivity contribution >= 4 is 5.69 Å². The predicted octanol–water partition coefficient (Wildman–Crippen LogP) is 4.05. The number of fused-ring (bicyclic) bond motifs is 5. The van der Waals surface area contributed by atoms with Crippen molar-refractivity contribution in [2.24, 2.45) is 17.3 Å². The number of phenols is 1. The average molecular weight is 389 g/mol. The van der Waals surface area contributed by atoms with Crippen molar-refractivity contribution in [2.45, 2.75) is 76.2 Å². The summed E-state index contributed by atoms with van der Waals surface area (Å²) >= 11 is 0. The van der Waals surface area contributed by atoms with Gasteiger partial charge in [0, 0.05) is 12.7 Å². The Hall–Kier alpha value is -1.66. The topological polar surface area (TPSA) is 104 Å². The normalized spacial score (nSPS) is 36.5. The van der Waals surface area contributed by atoms with Crippen molar-refractivity contribution in [3.05, 3.63) is 33.4 Å². The van der Waals surface area contributed by atoms with Crippen LogP contribution >= 0.6 is 0 Å². The van der Waals surface area contributed by atoms with Crippen molar-refractivity contribution < 1.29 is 20.2 Å². The number of phenolic OH excluding ortho intramolecular Hbond substituents is 1. The van der Waals surface area contributed by atoms with Gasteiger partial charge in [0.25, 0.3) is 0 Å². The highest BCUT2D eigenvalue weighted by Crippen LogP contribution is 2.65. The maximum absolute atomic E-state index is 11.5. The summed E-state index contributed by atoms with van der Waals surface area (Å²) in [6.45, 7) is 2.41. The SMILES string of the molecule is C[C@]12CC[C@@H]3c4cc([N+](=O)[O-])c(O)cc4CC[C@H]3[C@@H]1CCC2(O)CCCCO. The first-order chi connectivity index (χ1) is 13.3. The summed E-state index contributed by atoms with van der Waals surface area (Å²) in [5, 5.41) is 41.9. The van der Waals surface area contributed by atoms with E-state index in [1.165, 1.54) is 0 Å². The molecule has 0 aromatic heterocycles. The summed E-state index contributed by atoms with van der Waals surface area (Å²) < 4.78 is 0. The molecule has 1 aromatic carbocycles. The number of aryl methyl sites for hydroxylation is 1. The van der Waals surface area contributed by atoms with Crippen LogP contribution in [0.2, 0.25) is 0 Å². The lowest BCUT2D eigenvalue weighted by atomic mass is 9.53. The number of unbranched alkanes of at least 4 members (excludes halogenated alkanes) is 1. The Morgan fingerprint density at radius 3 is 2.71 bits per heavy atom. The molecule has 2 saturated carbocycles. The molecular weight excluding hydrogens is 358 g/mol. The molecule has 1 unspecified atom stereocenters. The van der Waals surface area contributed by atoms with Gasteiger partial charge < -0.3 is 15.3 Å². The van der Waals surface area contributed by atoms with E-state index in [1.807, 2.05) is 0 Å². The van der Waals surface area contributed by atoms with Crippen LogP contribution in [0, 0.1) is 27.4 Å². The Bertz CT molecular complexity index is 780. The van der Waals surface area contributed by atoms with Crippen LogP contribution in [0.5, 0.6) is 5.75 Å².